The maximum atomic E-state index is 11.9. The normalized spacial score (nSPS) is 26.9. The standard InChI is InChI=1S/C13H19N5O/c19-12(17-13-15-5-2-6-16-13)9-18-7-10-3-1-4-14-11(10)8-18/h2,5-6,10-11,14H,1,3-4,7-9H2,(H,15,16,17,19)/t10-,11+/m0/s1. The van der Waals surface area contributed by atoms with E-state index in [1.807, 2.05) is 0 Å². The van der Waals surface area contributed by atoms with Crippen molar-refractivity contribution in [2.75, 3.05) is 31.5 Å². The van der Waals surface area contributed by atoms with E-state index in [0.29, 0.717) is 24.5 Å². The Morgan fingerprint density at radius 1 is 1.42 bits per heavy atom. The van der Waals surface area contributed by atoms with Gasteiger partial charge in [-0.1, -0.05) is 0 Å². The fourth-order valence-corrected chi connectivity index (χ4v) is 3.00. The molecule has 2 aliphatic heterocycles. The highest BCUT2D eigenvalue weighted by Gasteiger charge is 2.34. The van der Waals surface area contributed by atoms with Crippen LogP contribution in [0.15, 0.2) is 18.5 Å². The number of carbonyl (C=O) groups excluding carboxylic acids is 1. The number of aromatic nitrogens is 2. The van der Waals surface area contributed by atoms with Crippen molar-refractivity contribution in [3.8, 4) is 0 Å². The van der Waals surface area contributed by atoms with Gasteiger partial charge in [-0.15, -0.1) is 0 Å². The lowest BCUT2D eigenvalue weighted by molar-refractivity contribution is -0.117. The second-order valence-electron chi connectivity index (χ2n) is 5.28. The van der Waals surface area contributed by atoms with E-state index in [1.54, 1.807) is 18.5 Å². The van der Waals surface area contributed by atoms with Crippen molar-refractivity contribution in [2.24, 2.45) is 5.92 Å². The van der Waals surface area contributed by atoms with Crippen LogP contribution in [0.5, 0.6) is 0 Å². The highest BCUT2D eigenvalue weighted by Crippen LogP contribution is 2.24. The fourth-order valence-electron chi connectivity index (χ4n) is 3.00. The number of piperidine rings is 1. The lowest BCUT2D eigenvalue weighted by atomic mass is 9.94. The number of nitrogens with zero attached hydrogens (tertiary/aromatic N) is 3. The largest absolute Gasteiger partial charge is 0.312 e. The molecule has 0 radical (unpaired) electrons. The van der Waals surface area contributed by atoms with Gasteiger partial charge in [0.05, 0.1) is 6.54 Å². The third kappa shape index (κ3) is 3.08. The Morgan fingerprint density at radius 2 is 2.26 bits per heavy atom. The number of hydrogen-bond acceptors (Lipinski definition) is 5. The summed E-state index contributed by atoms with van der Waals surface area (Å²) in [4.78, 5) is 22.1. The average molecular weight is 261 g/mol. The SMILES string of the molecule is O=C(CN1C[C@@H]2CCCN[C@@H]2C1)Nc1ncccn1. The van der Waals surface area contributed by atoms with Gasteiger partial charge in [-0.05, 0) is 31.4 Å². The first-order valence-electron chi connectivity index (χ1n) is 6.84. The van der Waals surface area contributed by atoms with Crippen molar-refractivity contribution in [1.82, 2.24) is 20.2 Å². The van der Waals surface area contributed by atoms with Gasteiger partial charge in [0.15, 0.2) is 0 Å². The molecule has 0 spiro atoms. The van der Waals surface area contributed by atoms with Crippen molar-refractivity contribution < 1.29 is 4.79 Å². The van der Waals surface area contributed by atoms with Crippen LogP contribution in [0.4, 0.5) is 5.95 Å². The summed E-state index contributed by atoms with van der Waals surface area (Å²) in [5, 5.41) is 6.26. The van der Waals surface area contributed by atoms with Crippen LogP contribution in [0.25, 0.3) is 0 Å². The molecule has 0 aromatic carbocycles. The first kappa shape index (κ1) is 12.5. The molecule has 1 amide bonds. The van der Waals surface area contributed by atoms with Crippen molar-refractivity contribution in [2.45, 2.75) is 18.9 Å². The minimum atomic E-state index is -0.0372. The molecule has 19 heavy (non-hydrogen) atoms. The van der Waals surface area contributed by atoms with Gasteiger partial charge in [0, 0.05) is 31.5 Å². The maximum absolute atomic E-state index is 11.9. The lowest BCUT2D eigenvalue weighted by Crippen LogP contribution is -2.41. The Kier molecular flexibility index (Phi) is 3.70. The Morgan fingerprint density at radius 3 is 3.05 bits per heavy atom. The molecule has 0 aliphatic carbocycles. The highest BCUT2D eigenvalue weighted by atomic mass is 16.2. The Hall–Kier alpha value is -1.53. The monoisotopic (exact) mass is 261 g/mol. The molecule has 3 heterocycles. The van der Waals surface area contributed by atoms with Gasteiger partial charge >= 0.3 is 0 Å². The number of nitrogens with one attached hydrogen (secondary N) is 2. The number of fused-ring (bicyclic) bond motifs is 1. The molecule has 6 nitrogen and oxygen atoms in total. The van der Waals surface area contributed by atoms with Crippen LogP contribution < -0.4 is 10.6 Å². The Balaban J connectivity index is 1.50. The zero-order valence-corrected chi connectivity index (χ0v) is 10.9. The third-order valence-electron chi connectivity index (χ3n) is 3.86. The van der Waals surface area contributed by atoms with Gasteiger partial charge < -0.3 is 5.32 Å². The van der Waals surface area contributed by atoms with Crippen LogP contribution >= 0.6 is 0 Å². The molecule has 3 rings (SSSR count). The topological polar surface area (TPSA) is 70.2 Å². The molecule has 102 valence electrons. The number of rotatable bonds is 3. The second kappa shape index (κ2) is 5.63. The predicted octanol–water partition coefficient (Wildman–Crippen LogP) is 0.0989. The van der Waals surface area contributed by atoms with Gasteiger partial charge in [0.25, 0.3) is 0 Å². The zero-order valence-electron chi connectivity index (χ0n) is 10.9. The number of carbonyl (C=O) groups is 1. The molecule has 1 aromatic heterocycles. The fraction of sp³-hybridized carbons (Fsp3) is 0.615. The third-order valence-corrected chi connectivity index (χ3v) is 3.86. The molecule has 2 atom stereocenters. The summed E-state index contributed by atoms with van der Waals surface area (Å²) in [6.45, 7) is 3.51. The number of amides is 1. The van der Waals surface area contributed by atoms with Crippen LogP contribution in [0.3, 0.4) is 0 Å². The summed E-state index contributed by atoms with van der Waals surface area (Å²) in [5.41, 5.74) is 0. The Bertz CT molecular complexity index is 424. The smallest absolute Gasteiger partial charge is 0.240 e. The molecular formula is C13H19N5O. The van der Waals surface area contributed by atoms with Gasteiger partial charge in [0.2, 0.25) is 11.9 Å². The molecule has 0 unspecified atom stereocenters. The molecule has 0 saturated carbocycles. The molecule has 6 heteroatoms. The lowest BCUT2D eigenvalue weighted by Gasteiger charge is -2.24. The van der Waals surface area contributed by atoms with E-state index in [9.17, 15) is 4.79 Å². The van der Waals surface area contributed by atoms with Gasteiger partial charge in [-0.3, -0.25) is 15.0 Å². The molecule has 2 aliphatic rings. The molecule has 1 aromatic rings. The molecule has 2 saturated heterocycles. The van der Waals surface area contributed by atoms with Crippen molar-refractivity contribution in [3.05, 3.63) is 18.5 Å². The highest BCUT2D eigenvalue weighted by molar-refractivity contribution is 5.90. The molecule has 2 fully saturated rings. The van der Waals surface area contributed by atoms with Crippen molar-refractivity contribution in [3.63, 3.8) is 0 Å². The summed E-state index contributed by atoms with van der Waals surface area (Å²) in [5.74, 6) is 1.04. The van der Waals surface area contributed by atoms with Crippen LogP contribution in [0.2, 0.25) is 0 Å². The van der Waals surface area contributed by atoms with E-state index in [2.05, 4.69) is 25.5 Å². The van der Waals surface area contributed by atoms with Gasteiger partial charge in [-0.25, -0.2) is 9.97 Å². The minimum Gasteiger partial charge on any atom is -0.312 e. The van der Waals surface area contributed by atoms with Crippen LogP contribution in [-0.2, 0) is 4.79 Å². The summed E-state index contributed by atoms with van der Waals surface area (Å²) >= 11 is 0. The minimum absolute atomic E-state index is 0.0372. The first-order valence-corrected chi connectivity index (χ1v) is 6.84. The van der Waals surface area contributed by atoms with Gasteiger partial charge in [0.1, 0.15) is 0 Å². The van der Waals surface area contributed by atoms with Gasteiger partial charge in [-0.2, -0.15) is 0 Å². The summed E-state index contributed by atoms with van der Waals surface area (Å²) in [6.07, 6.45) is 5.77. The van der Waals surface area contributed by atoms with E-state index in [4.69, 9.17) is 0 Å². The van der Waals surface area contributed by atoms with Crippen LogP contribution in [0, 0.1) is 5.92 Å². The van der Waals surface area contributed by atoms with Crippen molar-refractivity contribution in [1.29, 1.82) is 0 Å². The Labute approximate surface area is 112 Å². The van der Waals surface area contributed by atoms with E-state index in [0.717, 1.165) is 19.6 Å². The first-order chi connectivity index (χ1) is 9.31. The van der Waals surface area contributed by atoms with E-state index < -0.39 is 0 Å². The van der Waals surface area contributed by atoms with E-state index in [1.165, 1.54) is 12.8 Å². The molecular weight excluding hydrogens is 242 g/mol. The average Bonchev–Trinajstić information content (AvgIpc) is 2.81. The zero-order chi connectivity index (χ0) is 13.1. The van der Waals surface area contributed by atoms with E-state index in [-0.39, 0.29) is 5.91 Å². The second-order valence-corrected chi connectivity index (χ2v) is 5.28. The van der Waals surface area contributed by atoms with E-state index >= 15 is 0 Å². The number of likely N-dealkylation sites (tertiary alicyclic amines) is 1. The predicted molar refractivity (Wildman–Crippen MR) is 71.6 cm³/mol. The molecule has 2 N–H and O–H groups in total. The van der Waals surface area contributed by atoms with Crippen LogP contribution in [0.1, 0.15) is 12.8 Å². The summed E-state index contributed by atoms with van der Waals surface area (Å²) in [6, 6.07) is 2.29. The van der Waals surface area contributed by atoms with Crippen molar-refractivity contribution >= 4 is 11.9 Å². The summed E-state index contributed by atoms with van der Waals surface area (Å²) < 4.78 is 0. The molecule has 0 bridgehead atoms. The maximum Gasteiger partial charge on any atom is 0.240 e. The quantitative estimate of drug-likeness (QED) is 0.807. The number of anilines is 1. The van der Waals surface area contributed by atoms with Crippen LogP contribution in [-0.4, -0.2) is 53.0 Å². The number of hydrogen-bond donors (Lipinski definition) is 2. The summed E-state index contributed by atoms with van der Waals surface area (Å²) in [7, 11) is 0.